The lowest BCUT2D eigenvalue weighted by Crippen LogP contribution is -2.25. The van der Waals surface area contributed by atoms with E-state index in [4.69, 9.17) is 5.11 Å². The van der Waals surface area contributed by atoms with Crippen LogP contribution in [0.2, 0.25) is 0 Å². The topological polar surface area (TPSA) is 62.2 Å². The molecule has 2 N–H and O–H groups in total. The maximum Gasteiger partial charge on any atom is 0.354 e. The van der Waals surface area contributed by atoms with Crippen LogP contribution in [-0.2, 0) is 6.54 Å². The predicted octanol–water partition coefficient (Wildman–Crippen LogP) is 2.31. The van der Waals surface area contributed by atoms with Crippen molar-refractivity contribution in [3.05, 3.63) is 29.6 Å². The average Bonchev–Trinajstić information content (AvgIpc) is 3.28. The van der Waals surface area contributed by atoms with Crippen molar-refractivity contribution in [3.63, 3.8) is 0 Å². The van der Waals surface area contributed by atoms with E-state index in [1.54, 1.807) is 6.07 Å². The Balaban J connectivity index is 1.51. The van der Waals surface area contributed by atoms with Crippen molar-refractivity contribution in [1.29, 1.82) is 0 Å². The number of nitrogens with one attached hydrogen (secondary N) is 1. The molecule has 0 spiro atoms. The minimum Gasteiger partial charge on any atom is -0.477 e. The van der Waals surface area contributed by atoms with Crippen LogP contribution in [0.3, 0.4) is 0 Å². The van der Waals surface area contributed by atoms with Crippen molar-refractivity contribution in [2.24, 2.45) is 17.8 Å². The minimum atomic E-state index is -0.962. The molecule has 19 heavy (non-hydrogen) atoms. The highest BCUT2D eigenvalue weighted by Crippen LogP contribution is 2.48. The Bertz CT molecular complexity index is 455. The maximum absolute atomic E-state index is 10.8. The minimum absolute atomic E-state index is 0.125. The molecular weight excluding hydrogens is 240 g/mol. The summed E-state index contributed by atoms with van der Waals surface area (Å²) in [6.45, 7) is 1.71. The van der Waals surface area contributed by atoms with Gasteiger partial charge in [0.15, 0.2) is 0 Å². The molecule has 102 valence electrons. The number of aromatic nitrogens is 1. The van der Waals surface area contributed by atoms with Crippen LogP contribution in [0.1, 0.15) is 41.9 Å². The molecule has 0 radical (unpaired) electrons. The second-order valence-corrected chi connectivity index (χ2v) is 5.79. The maximum atomic E-state index is 10.8. The molecule has 0 bridgehead atoms. The number of nitrogens with zero attached hydrogens (tertiary/aromatic N) is 1. The van der Waals surface area contributed by atoms with Crippen LogP contribution < -0.4 is 5.32 Å². The monoisotopic (exact) mass is 260 g/mol. The predicted molar refractivity (Wildman–Crippen MR) is 71.8 cm³/mol. The summed E-state index contributed by atoms with van der Waals surface area (Å²) in [6.07, 6.45) is 5.59. The Morgan fingerprint density at radius 1 is 1.32 bits per heavy atom. The van der Waals surface area contributed by atoms with Crippen molar-refractivity contribution in [3.8, 4) is 0 Å². The molecule has 2 fully saturated rings. The summed E-state index contributed by atoms with van der Waals surface area (Å²) in [6, 6.07) is 5.17. The summed E-state index contributed by atoms with van der Waals surface area (Å²) < 4.78 is 0. The van der Waals surface area contributed by atoms with Gasteiger partial charge in [-0.05, 0) is 62.1 Å². The average molecular weight is 260 g/mol. The molecule has 4 heteroatoms. The fourth-order valence-corrected chi connectivity index (χ4v) is 2.83. The molecule has 2 aliphatic rings. The Hall–Kier alpha value is -1.42. The molecule has 1 aromatic rings. The Kier molecular flexibility index (Phi) is 3.51. The van der Waals surface area contributed by atoms with Crippen molar-refractivity contribution >= 4 is 5.97 Å². The molecule has 1 aromatic heterocycles. The number of carboxylic acids is 1. The second kappa shape index (κ2) is 5.29. The van der Waals surface area contributed by atoms with Gasteiger partial charge < -0.3 is 10.4 Å². The van der Waals surface area contributed by atoms with Crippen LogP contribution in [0, 0.1) is 17.8 Å². The zero-order valence-electron chi connectivity index (χ0n) is 11.0. The standard InChI is InChI=1S/C15H20N2O2/c18-15(19)14-3-1-2-12(17-14)8-16-9-13(10-4-5-10)11-6-7-11/h1-3,10-11,13,16H,4-9H2,(H,18,19). The van der Waals surface area contributed by atoms with Crippen molar-refractivity contribution in [2.45, 2.75) is 32.2 Å². The smallest absolute Gasteiger partial charge is 0.354 e. The highest BCUT2D eigenvalue weighted by Gasteiger charge is 2.40. The number of rotatable bonds is 7. The summed E-state index contributed by atoms with van der Waals surface area (Å²) in [5, 5.41) is 12.4. The molecule has 0 amide bonds. The zero-order chi connectivity index (χ0) is 13.2. The highest BCUT2D eigenvalue weighted by atomic mass is 16.4. The van der Waals surface area contributed by atoms with Crippen LogP contribution in [0.25, 0.3) is 0 Å². The first kappa shape index (κ1) is 12.6. The number of pyridine rings is 1. The Morgan fingerprint density at radius 3 is 2.58 bits per heavy atom. The largest absolute Gasteiger partial charge is 0.477 e. The lowest BCUT2D eigenvalue weighted by atomic mass is 9.98. The Labute approximate surface area is 113 Å². The molecule has 2 saturated carbocycles. The first-order chi connectivity index (χ1) is 9.24. The van der Waals surface area contributed by atoms with Crippen molar-refractivity contribution in [2.75, 3.05) is 6.54 Å². The van der Waals surface area contributed by atoms with Gasteiger partial charge in [0, 0.05) is 6.54 Å². The van der Waals surface area contributed by atoms with Crippen LogP contribution in [0.5, 0.6) is 0 Å². The van der Waals surface area contributed by atoms with Crippen LogP contribution in [0.4, 0.5) is 0 Å². The first-order valence-electron chi connectivity index (χ1n) is 7.14. The molecule has 0 unspecified atom stereocenters. The van der Waals surface area contributed by atoms with Crippen LogP contribution >= 0.6 is 0 Å². The normalized spacial score (nSPS) is 18.8. The quantitative estimate of drug-likeness (QED) is 0.789. The van der Waals surface area contributed by atoms with E-state index in [0.29, 0.717) is 6.54 Å². The first-order valence-corrected chi connectivity index (χ1v) is 7.14. The van der Waals surface area contributed by atoms with Crippen molar-refractivity contribution in [1.82, 2.24) is 10.3 Å². The summed E-state index contributed by atoms with van der Waals surface area (Å²) in [4.78, 5) is 15.0. The molecule has 3 rings (SSSR count). The lowest BCUT2D eigenvalue weighted by molar-refractivity contribution is 0.0690. The van der Waals surface area contributed by atoms with E-state index in [1.807, 2.05) is 6.07 Å². The third kappa shape index (κ3) is 3.32. The van der Waals surface area contributed by atoms with Gasteiger partial charge >= 0.3 is 5.97 Å². The molecule has 0 atom stereocenters. The van der Waals surface area contributed by atoms with Gasteiger partial charge in [-0.25, -0.2) is 9.78 Å². The van der Waals surface area contributed by atoms with Gasteiger partial charge in [-0.1, -0.05) is 6.07 Å². The number of carboxylic acid groups (broad SMARTS) is 1. The van der Waals surface area contributed by atoms with Gasteiger partial charge in [0.05, 0.1) is 5.69 Å². The van der Waals surface area contributed by atoms with E-state index in [9.17, 15) is 4.79 Å². The SMILES string of the molecule is O=C(O)c1cccc(CNCC(C2CC2)C2CC2)n1. The summed E-state index contributed by atoms with van der Waals surface area (Å²) in [7, 11) is 0. The molecule has 2 aliphatic carbocycles. The highest BCUT2D eigenvalue weighted by molar-refractivity contribution is 5.85. The van der Waals surface area contributed by atoms with E-state index in [0.717, 1.165) is 30.0 Å². The number of carbonyl (C=O) groups is 1. The van der Waals surface area contributed by atoms with Gasteiger partial charge in [-0.15, -0.1) is 0 Å². The second-order valence-electron chi connectivity index (χ2n) is 5.79. The number of aromatic carboxylic acids is 1. The van der Waals surface area contributed by atoms with E-state index in [2.05, 4.69) is 10.3 Å². The lowest BCUT2D eigenvalue weighted by Gasteiger charge is -2.16. The Morgan fingerprint density at radius 2 is 2.00 bits per heavy atom. The fraction of sp³-hybridized carbons (Fsp3) is 0.600. The van der Waals surface area contributed by atoms with Crippen molar-refractivity contribution < 1.29 is 9.90 Å². The van der Waals surface area contributed by atoms with Crippen LogP contribution in [-0.4, -0.2) is 22.6 Å². The van der Waals surface area contributed by atoms with Gasteiger partial charge in [0.2, 0.25) is 0 Å². The van der Waals surface area contributed by atoms with E-state index < -0.39 is 5.97 Å². The molecule has 1 heterocycles. The zero-order valence-corrected chi connectivity index (χ0v) is 11.0. The van der Waals surface area contributed by atoms with E-state index in [1.165, 1.54) is 31.7 Å². The third-order valence-corrected chi connectivity index (χ3v) is 4.17. The van der Waals surface area contributed by atoms with Gasteiger partial charge in [0.1, 0.15) is 5.69 Å². The molecule has 0 saturated heterocycles. The fourth-order valence-electron chi connectivity index (χ4n) is 2.83. The molecular formula is C15H20N2O2. The number of hydrogen-bond donors (Lipinski definition) is 2. The molecule has 0 aliphatic heterocycles. The van der Waals surface area contributed by atoms with E-state index in [-0.39, 0.29) is 5.69 Å². The third-order valence-electron chi connectivity index (χ3n) is 4.17. The van der Waals surface area contributed by atoms with Gasteiger partial charge in [0.25, 0.3) is 0 Å². The summed E-state index contributed by atoms with van der Waals surface area (Å²) in [5.74, 6) is 1.76. The van der Waals surface area contributed by atoms with Crippen LogP contribution in [0.15, 0.2) is 18.2 Å². The summed E-state index contributed by atoms with van der Waals surface area (Å²) >= 11 is 0. The number of hydrogen-bond acceptors (Lipinski definition) is 3. The summed E-state index contributed by atoms with van der Waals surface area (Å²) in [5.41, 5.74) is 0.936. The van der Waals surface area contributed by atoms with E-state index >= 15 is 0 Å². The van der Waals surface area contributed by atoms with Gasteiger partial charge in [-0.2, -0.15) is 0 Å². The van der Waals surface area contributed by atoms with Gasteiger partial charge in [-0.3, -0.25) is 0 Å². The molecule has 4 nitrogen and oxygen atoms in total. The molecule has 0 aromatic carbocycles.